The number of methoxy groups -OCH3 is 1. The van der Waals surface area contributed by atoms with Gasteiger partial charge in [-0.05, 0) is 6.42 Å². The molecule has 1 heterocycles. The second-order valence-corrected chi connectivity index (χ2v) is 3.35. The first-order valence-electron chi connectivity index (χ1n) is 4.89. The van der Waals surface area contributed by atoms with Gasteiger partial charge in [-0.2, -0.15) is 5.10 Å². The summed E-state index contributed by atoms with van der Waals surface area (Å²) in [5, 5.41) is 18.1. The number of ether oxygens (including phenoxy) is 1. The van der Waals surface area contributed by atoms with E-state index in [1.165, 1.54) is 13.3 Å². The van der Waals surface area contributed by atoms with Crippen molar-refractivity contribution in [3.63, 3.8) is 0 Å². The lowest BCUT2D eigenvalue weighted by molar-refractivity contribution is 0.0587. The van der Waals surface area contributed by atoms with Crippen LogP contribution in [0.4, 0.5) is 5.69 Å². The number of nitrogens with one attached hydrogen (secondary N) is 2. The summed E-state index contributed by atoms with van der Waals surface area (Å²) >= 11 is 0. The van der Waals surface area contributed by atoms with Gasteiger partial charge in [-0.25, -0.2) is 0 Å². The molecule has 1 aromatic heterocycles. The highest BCUT2D eigenvalue weighted by molar-refractivity contribution is 5.96. The van der Waals surface area contributed by atoms with Crippen molar-refractivity contribution in [1.29, 1.82) is 0 Å². The second-order valence-electron chi connectivity index (χ2n) is 3.35. The molecule has 0 aliphatic rings. The maximum Gasteiger partial charge on any atom is 0.271 e. The summed E-state index contributed by atoms with van der Waals surface area (Å²) in [6, 6.07) is 0. The molecule has 0 radical (unpaired) electrons. The van der Waals surface area contributed by atoms with Gasteiger partial charge in [0.25, 0.3) is 5.91 Å². The Balaban J connectivity index is 2.29. The topological polar surface area (TPSA) is 113 Å². The normalized spacial score (nSPS) is 12.4. The molecule has 0 aliphatic carbocycles. The fraction of sp³-hybridized carbons (Fsp3) is 0.556. The summed E-state index contributed by atoms with van der Waals surface area (Å²) in [7, 11) is 1.51. The molecule has 1 aromatic rings. The highest BCUT2D eigenvalue weighted by Gasteiger charge is 2.11. The van der Waals surface area contributed by atoms with Gasteiger partial charge in [0.15, 0.2) is 0 Å². The number of carbonyl (C=O) groups is 1. The molecule has 0 bridgehead atoms. The first-order chi connectivity index (χ1) is 7.65. The van der Waals surface area contributed by atoms with E-state index in [9.17, 15) is 9.90 Å². The fourth-order valence-electron chi connectivity index (χ4n) is 1.19. The van der Waals surface area contributed by atoms with Crippen molar-refractivity contribution in [2.24, 2.45) is 0 Å². The van der Waals surface area contributed by atoms with Crippen LogP contribution in [0.5, 0.6) is 0 Å². The van der Waals surface area contributed by atoms with Crippen LogP contribution >= 0.6 is 0 Å². The molecule has 1 amide bonds. The van der Waals surface area contributed by atoms with Crippen LogP contribution in [0.3, 0.4) is 0 Å². The number of aliphatic hydroxyl groups is 1. The van der Waals surface area contributed by atoms with Crippen LogP contribution in [0.1, 0.15) is 16.9 Å². The van der Waals surface area contributed by atoms with E-state index in [0.29, 0.717) is 18.7 Å². The molecule has 0 spiro atoms. The standard InChI is InChI=1S/C9H16N4O3/c1-16-5-6(14)2-3-11-9(15)8-7(10)4-12-13-8/h4,6,14H,2-3,5,10H2,1H3,(H,11,15)(H,12,13). The molecular weight excluding hydrogens is 212 g/mol. The Labute approximate surface area is 93.0 Å². The van der Waals surface area contributed by atoms with E-state index in [1.807, 2.05) is 0 Å². The van der Waals surface area contributed by atoms with Crippen molar-refractivity contribution in [2.75, 3.05) is 26.0 Å². The number of rotatable bonds is 6. The minimum absolute atomic E-state index is 0.237. The number of hydrogen-bond acceptors (Lipinski definition) is 5. The number of aromatic nitrogens is 2. The molecule has 16 heavy (non-hydrogen) atoms. The van der Waals surface area contributed by atoms with Crippen molar-refractivity contribution in [3.8, 4) is 0 Å². The molecule has 0 saturated carbocycles. The quantitative estimate of drug-likeness (QED) is 0.505. The highest BCUT2D eigenvalue weighted by atomic mass is 16.5. The molecule has 0 aliphatic heterocycles. The molecule has 0 saturated heterocycles. The molecule has 1 unspecified atom stereocenters. The number of amides is 1. The average Bonchev–Trinajstić information content (AvgIpc) is 2.64. The Kier molecular flexibility index (Phi) is 4.74. The van der Waals surface area contributed by atoms with E-state index in [0.717, 1.165) is 0 Å². The molecular formula is C9H16N4O3. The third-order valence-electron chi connectivity index (χ3n) is 2.02. The smallest absolute Gasteiger partial charge is 0.271 e. The molecule has 1 atom stereocenters. The summed E-state index contributed by atoms with van der Waals surface area (Å²) < 4.78 is 4.75. The van der Waals surface area contributed by atoms with Crippen LogP contribution in [0.2, 0.25) is 0 Å². The van der Waals surface area contributed by atoms with E-state index in [1.54, 1.807) is 0 Å². The van der Waals surface area contributed by atoms with E-state index in [2.05, 4.69) is 15.5 Å². The van der Waals surface area contributed by atoms with E-state index in [-0.39, 0.29) is 18.2 Å². The maximum atomic E-state index is 11.5. The third kappa shape index (κ3) is 3.52. The van der Waals surface area contributed by atoms with Crippen molar-refractivity contribution < 1.29 is 14.6 Å². The number of H-pyrrole nitrogens is 1. The molecule has 1 rings (SSSR count). The van der Waals surface area contributed by atoms with Crippen LogP contribution in [-0.4, -0.2) is 47.6 Å². The van der Waals surface area contributed by atoms with Crippen LogP contribution in [-0.2, 0) is 4.74 Å². The Bertz CT molecular complexity index is 339. The van der Waals surface area contributed by atoms with Crippen molar-refractivity contribution in [3.05, 3.63) is 11.9 Å². The lowest BCUT2D eigenvalue weighted by Gasteiger charge is -2.09. The van der Waals surface area contributed by atoms with Crippen molar-refractivity contribution in [1.82, 2.24) is 15.5 Å². The molecule has 7 nitrogen and oxygen atoms in total. The predicted octanol–water partition coefficient (Wildman–Crippen LogP) is -0.881. The highest BCUT2D eigenvalue weighted by Crippen LogP contribution is 2.05. The van der Waals surface area contributed by atoms with Gasteiger partial charge in [0.05, 0.1) is 24.6 Å². The van der Waals surface area contributed by atoms with Crippen LogP contribution in [0.15, 0.2) is 6.20 Å². The number of aliphatic hydroxyl groups excluding tert-OH is 1. The first-order valence-corrected chi connectivity index (χ1v) is 4.89. The number of anilines is 1. The van der Waals surface area contributed by atoms with Gasteiger partial charge in [0.1, 0.15) is 5.69 Å². The van der Waals surface area contributed by atoms with Gasteiger partial charge in [0, 0.05) is 13.7 Å². The summed E-state index contributed by atoms with van der Waals surface area (Å²) in [4.78, 5) is 11.5. The zero-order valence-corrected chi connectivity index (χ0v) is 9.06. The van der Waals surface area contributed by atoms with E-state index >= 15 is 0 Å². The van der Waals surface area contributed by atoms with Crippen molar-refractivity contribution >= 4 is 11.6 Å². The van der Waals surface area contributed by atoms with Gasteiger partial charge in [0.2, 0.25) is 0 Å². The van der Waals surface area contributed by atoms with Gasteiger partial charge >= 0.3 is 0 Å². The lowest BCUT2D eigenvalue weighted by Crippen LogP contribution is -2.29. The molecule has 90 valence electrons. The predicted molar refractivity (Wildman–Crippen MR) is 57.8 cm³/mol. The SMILES string of the molecule is COCC(O)CCNC(=O)c1[nH]ncc1N. The fourth-order valence-corrected chi connectivity index (χ4v) is 1.19. The summed E-state index contributed by atoms with van der Waals surface area (Å²) in [6.45, 7) is 0.601. The first kappa shape index (κ1) is 12.5. The number of nitrogens with zero attached hydrogens (tertiary/aromatic N) is 1. The Morgan fingerprint density at radius 2 is 2.56 bits per heavy atom. The molecule has 5 N–H and O–H groups in total. The maximum absolute atomic E-state index is 11.5. The number of nitrogen functional groups attached to an aromatic ring is 1. The summed E-state index contributed by atoms with van der Waals surface area (Å²) in [6.07, 6.45) is 1.21. The van der Waals surface area contributed by atoms with Crippen molar-refractivity contribution in [2.45, 2.75) is 12.5 Å². The minimum Gasteiger partial charge on any atom is -0.396 e. The Morgan fingerprint density at radius 1 is 1.81 bits per heavy atom. The van der Waals surface area contributed by atoms with Crippen LogP contribution < -0.4 is 11.1 Å². The van der Waals surface area contributed by atoms with Gasteiger partial charge in [-0.1, -0.05) is 0 Å². The van der Waals surface area contributed by atoms with Gasteiger partial charge in [-0.3, -0.25) is 9.89 Å². The largest absolute Gasteiger partial charge is 0.396 e. The Hall–Kier alpha value is -1.60. The zero-order chi connectivity index (χ0) is 12.0. The third-order valence-corrected chi connectivity index (χ3v) is 2.02. The van der Waals surface area contributed by atoms with E-state index in [4.69, 9.17) is 10.5 Å². The van der Waals surface area contributed by atoms with Crippen LogP contribution in [0.25, 0.3) is 0 Å². The molecule has 7 heteroatoms. The average molecular weight is 228 g/mol. The number of hydrogen-bond donors (Lipinski definition) is 4. The van der Waals surface area contributed by atoms with E-state index < -0.39 is 6.10 Å². The van der Waals surface area contributed by atoms with Crippen LogP contribution in [0, 0.1) is 0 Å². The van der Waals surface area contributed by atoms with Gasteiger partial charge in [-0.15, -0.1) is 0 Å². The second kappa shape index (κ2) is 6.09. The summed E-state index contributed by atoms with van der Waals surface area (Å²) in [5.74, 6) is -0.334. The molecule has 0 fully saturated rings. The number of nitrogens with two attached hydrogens (primary N) is 1. The number of aromatic amines is 1. The summed E-state index contributed by atoms with van der Waals surface area (Å²) in [5.41, 5.74) is 6.03. The molecule has 0 aromatic carbocycles. The monoisotopic (exact) mass is 228 g/mol. The Morgan fingerprint density at radius 3 is 3.12 bits per heavy atom. The zero-order valence-electron chi connectivity index (χ0n) is 9.06. The number of carbonyl (C=O) groups excluding carboxylic acids is 1. The van der Waals surface area contributed by atoms with Gasteiger partial charge < -0.3 is 20.9 Å². The minimum atomic E-state index is -0.579. The lowest BCUT2D eigenvalue weighted by atomic mass is 10.2.